The number of anilines is 1. The quantitative estimate of drug-likeness (QED) is 0.470. The first-order valence-electron chi connectivity index (χ1n) is 9.63. The Bertz CT molecular complexity index is 1080. The lowest BCUT2D eigenvalue weighted by Gasteiger charge is -2.21. The van der Waals surface area contributed by atoms with Crippen LogP contribution in [0.2, 0.25) is 0 Å². The molecule has 1 amide bonds. The standard InChI is InChI=1S/C20H24F3N5O2S.ClH/c1-12(2)28-13(3)10-16(25-28)18(29)27(9-8-26(4)5)19-24-15-7-6-14(11-17(15)31-19)30-20(21,22)23;/h6-7,10-12H,8-9H2,1-5H3;1H. The fraction of sp³-hybridized carbons (Fsp3) is 0.450. The third-order valence-corrected chi connectivity index (χ3v) is 5.50. The van der Waals surface area contributed by atoms with E-state index < -0.39 is 6.36 Å². The van der Waals surface area contributed by atoms with E-state index in [0.717, 1.165) is 17.0 Å². The highest BCUT2D eigenvalue weighted by atomic mass is 35.5. The van der Waals surface area contributed by atoms with Crippen LogP contribution >= 0.6 is 23.7 Å². The number of hydrogen-bond acceptors (Lipinski definition) is 6. The van der Waals surface area contributed by atoms with Crippen molar-refractivity contribution in [3.63, 3.8) is 0 Å². The van der Waals surface area contributed by atoms with E-state index in [1.807, 2.05) is 39.8 Å². The molecule has 0 aliphatic rings. The zero-order valence-electron chi connectivity index (χ0n) is 18.3. The van der Waals surface area contributed by atoms with E-state index in [4.69, 9.17) is 0 Å². The number of likely N-dealkylation sites (N-methyl/N-ethyl adjacent to an activating group) is 1. The van der Waals surface area contributed by atoms with Crippen molar-refractivity contribution in [2.45, 2.75) is 33.2 Å². The van der Waals surface area contributed by atoms with E-state index in [0.29, 0.717) is 34.1 Å². The highest BCUT2D eigenvalue weighted by molar-refractivity contribution is 7.22. The summed E-state index contributed by atoms with van der Waals surface area (Å²) in [5, 5.41) is 4.83. The molecular weight excluding hydrogens is 467 g/mol. The van der Waals surface area contributed by atoms with Gasteiger partial charge in [0.25, 0.3) is 5.91 Å². The van der Waals surface area contributed by atoms with Gasteiger partial charge in [-0.15, -0.1) is 25.6 Å². The Labute approximate surface area is 194 Å². The van der Waals surface area contributed by atoms with Gasteiger partial charge in [-0.2, -0.15) is 5.10 Å². The van der Waals surface area contributed by atoms with Crippen LogP contribution in [-0.4, -0.2) is 59.1 Å². The molecule has 32 heavy (non-hydrogen) atoms. The molecule has 0 aliphatic heterocycles. The fourth-order valence-electron chi connectivity index (χ4n) is 3.04. The van der Waals surface area contributed by atoms with Gasteiger partial charge in [0.2, 0.25) is 0 Å². The predicted molar refractivity (Wildman–Crippen MR) is 121 cm³/mol. The summed E-state index contributed by atoms with van der Waals surface area (Å²) in [5.74, 6) is -0.636. The summed E-state index contributed by atoms with van der Waals surface area (Å²) < 4.78 is 43.9. The predicted octanol–water partition coefficient (Wildman–Crippen LogP) is 4.91. The number of carbonyl (C=O) groups excluding carboxylic acids is 1. The molecule has 176 valence electrons. The van der Waals surface area contributed by atoms with Gasteiger partial charge in [0.1, 0.15) is 5.75 Å². The zero-order valence-corrected chi connectivity index (χ0v) is 19.9. The maximum Gasteiger partial charge on any atom is 0.573 e. The molecule has 0 radical (unpaired) electrons. The van der Waals surface area contributed by atoms with Gasteiger partial charge in [0, 0.05) is 30.9 Å². The Hall–Kier alpha value is -2.37. The third-order valence-electron chi connectivity index (χ3n) is 4.46. The van der Waals surface area contributed by atoms with Crippen molar-refractivity contribution in [3.05, 3.63) is 35.7 Å². The minimum absolute atomic E-state index is 0. The Balaban J connectivity index is 0.00000363. The average molecular weight is 492 g/mol. The average Bonchev–Trinajstić information content (AvgIpc) is 3.23. The first-order valence-corrected chi connectivity index (χ1v) is 10.5. The molecule has 3 rings (SSSR count). The van der Waals surface area contributed by atoms with Crippen LogP contribution in [-0.2, 0) is 0 Å². The summed E-state index contributed by atoms with van der Waals surface area (Å²) in [5.41, 5.74) is 1.65. The second-order valence-corrected chi connectivity index (χ2v) is 8.65. The van der Waals surface area contributed by atoms with Crippen molar-refractivity contribution >= 4 is 45.0 Å². The normalized spacial score (nSPS) is 11.8. The topological polar surface area (TPSA) is 63.5 Å². The lowest BCUT2D eigenvalue weighted by atomic mass is 10.3. The number of aromatic nitrogens is 3. The van der Waals surface area contributed by atoms with Gasteiger partial charge in [-0.25, -0.2) is 4.98 Å². The molecule has 0 saturated carbocycles. The number of halogens is 4. The molecule has 0 bridgehead atoms. The highest BCUT2D eigenvalue weighted by Crippen LogP contribution is 2.33. The summed E-state index contributed by atoms with van der Waals surface area (Å²) in [6, 6.07) is 5.76. The minimum Gasteiger partial charge on any atom is -0.406 e. The van der Waals surface area contributed by atoms with Crippen LogP contribution in [0.15, 0.2) is 24.3 Å². The van der Waals surface area contributed by atoms with Crippen molar-refractivity contribution in [2.24, 2.45) is 0 Å². The Morgan fingerprint density at radius 1 is 1.22 bits per heavy atom. The van der Waals surface area contributed by atoms with Gasteiger partial charge in [0.15, 0.2) is 10.8 Å². The number of alkyl halides is 3. The van der Waals surface area contributed by atoms with E-state index in [2.05, 4.69) is 14.8 Å². The number of ether oxygens (including phenoxy) is 1. The van der Waals surface area contributed by atoms with Crippen LogP contribution in [0, 0.1) is 6.92 Å². The molecule has 0 atom stereocenters. The van der Waals surface area contributed by atoms with Gasteiger partial charge in [-0.1, -0.05) is 11.3 Å². The lowest BCUT2D eigenvalue weighted by molar-refractivity contribution is -0.274. The molecule has 0 spiro atoms. The van der Waals surface area contributed by atoms with Crippen LogP contribution in [0.25, 0.3) is 10.2 Å². The smallest absolute Gasteiger partial charge is 0.406 e. The second kappa shape index (κ2) is 10.1. The molecule has 1 aromatic carbocycles. The Morgan fingerprint density at radius 2 is 1.91 bits per heavy atom. The van der Waals surface area contributed by atoms with Crippen molar-refractivity contribution in [1.82, 2.24) is 19.7 Å². The van der Waals surface area contributed by atoms with E-state index in [-0.39, 0.29) is 30.1 Å². The molecule has 2 heterocycles. The molecule has 0 fully saturated rings. The summed E-state index contributed by atoms with van der Waals surface area (Å²) in [4.78, 5) is 21.2. The number of aryl methyl sites for hydroxylation is 1. The van der Waals surface area contributed by atoms with Crippen LogP contribution in [0.4, 0.5) is 18.3 Å². The fourth-order valence-corrected chi connectivity index (χ4v) is 4.06. The first kappa shape index (κ1) is 25.9. The number of hydrogen-bond donors (Lipinski definition) is 0. The molecule has 0 N–H and O–H groups in total. The number of fused-ring (bicyclic) bond motifs is 1. The summed E-state index contributed by atoms with van der Waals surface area (Å²) in [6.45, 7) is 6.77. The van der Waals surface area contributed by atoms with Crippen molar-refractivity contribution in [3.8, 4) is 5.75 Å². The number of thiazole rings is 1. The minimum atomic E-state index is -4.78. The van der Waals surface area contributed by atoms with Gasteiger partial charge < -0.3 is 9.64 Å². The van der Waals surface area contributed by atoms with Gasteiger partial charge in [0.05, 0.1) is 10.2 Å². The number of rotatable bonds is 7. The molecule has 7 nitrogen and oxygen atoms in total. The highest BCUT2D eigenvalue weighted by Gasteiger charge is 2.31. The number of amides is 1. The molecule has 0 unspecified atom stereocenters. The molecule has 3 aromatic rings. The molecule has 12 heteroatoms. The van der Waals surface area contributed by atoms with Crippen LogP contribution in [0.3, 0.4) is 0 Å². The van der Waals surface area contributed by atoms with E-state index in [1.54, 1.807) is 10.7 Å². The Kier molecular flexibility index (Phi) is 8.13. The summed E-state index contributed by atoms with van der Waals surface area (Å²) >= 11 is 1.13. The maximum absolute atomic E-state index is 13.3. The van der Waals surface area contributed by atoms with Crippen molar-refractivity contribution < 1.29 is 22.7 Å². The molecule has 2 aromatic heterocycles. The molecular formula is C20H25ClF3N5O2S. The maximum atomic E-state index is 13.3. The summed E-state index contributed by atoms with van der Waals surface area (Å²) in [7, 11) is 3.78. The summed E-state index contributed by atoms with van der Waals surface area (Å²) in [6.07, 6.45) is -4.78. The van der Waals surface area contributed by atoms with Crippen LogP contribution in [0.5, 0.6) is 5.75 Å². The molecule has 0 saturated heterocycles. The lowest BCUT2D eigenvalue weighted by Crippen LogP contribution is -2.37. The van der Waals surface area contributed by atoms with Crippen molar-refractivity contribution in [2.75, 3.05) is 32.1 Å². The van der Waals surface area contributed by atoms with E-state index in [1.165, 1.54) is 23.1 Å². The largest absolute Gasteiger partial charge is 0.573 e. The number of benzene rings is 1. The number of nitrogens with zero attached hydrogens (tertiary/aromatic N) is 5. The van der Waals surface area contributed by atoms with Crippen LogP contribution in [0.1, 0.15) is 36.1 Å². The van der Waals surface area contributed by atoms with Gasteiger partial charge in [-0.05, 0) is 53.1 Å². The zero-order chi connectivity index (χ0) is 22.9. The SMILES string of the molecule is Cc1cc(C(=O)N(CCN(C)C)c2nc3ccc(OC(F)(F)F)cc3s2)nn1C(C)C.Cl. The van der Waals surface area contributed by atoms with Crippen LogP contribution < -0.4 is 9.64 Å². The van der Waals surface area contributed by atoms with Gasteiger partial charge in [-0.3, -0.25) is 14.4 Å². The van der Waals surface area contributed by atoms with Crippen molar-refractivity contribution in [1.29, 1.82) is 0 Å². The van der Waals surface area contributed by atoms with E-state index >= 15 is 0 Å². The monoisotopic (exact) mass is 491 g/mol. The van der Waals surface area contributed by atoms with E-state index in [9.17, 15) is 18.0 Å². The first-order chi connectivity index (χ1) is 14.4. The Morgan fingerprint density at radius 3 is 2.47 bits per heavy atom. The van der Waals surface area contributed by atoms with Gasteiger partial charge >= 0.3 is 6.36 Å². The second-order valence-electron chi connectivity index (χ2n) is 7.64. The third kappa shape index (κ3) is 6.11. The number of carbonyl (C=O) groups is 1. The molecule has 0 aliphatic carbocycles.